The molecular formula is C23H29ClN2O4S. The highest BCUT2D eigenvalue weighted by atomic mass is 35.5. The number of nitrogens with one attached hydrogen (secondary N) is 2. The van der Waals surface area contributed by atoms with Gasteiger partial charge < -0.3 is 14.8 Å². The van der Waals surface area contributed by atoms with Crippen molar-refractivity contribution in [2.75, 3.05) is 5.32 Å². The molecule has 0 aliphatic heterocycles. The minimum Gasteiger partial charge on any atom is -0.450 e. The number of fused-ring (bicyclic) bond motifs is 4. The van der Waals surface area contributed by atoms with Crippen LogP contribution in [-0.2, 0) is 11.0 Å². The molecule has 4 atom stereocenters. The molecule has 2 aromatic rings. The number of hydrogen-bond acceptors (Lipinski definition) is 4. The van der Waals surface area contributed by atoms with Crippen LogP contribution >= 0.6 is 11.6 Å². The van der Waals surface area contributed by atoms with E-state index in [1.54, 1.807) is 6.07 Å². The first-order chi connectivity index (χ1) is 14.7. The quantitative estimate of drug-likeness (QED) is 0.509. The fourth-order valence-electron chi connectivity index (χ4n) is 4.90. The summed E-state index contributed by atoms with van der Waals surface area (Å²) in [6, 6.07) is 4.78. The van der Waals surface area contributed by atoms with E-state index in [2.05, 4.69) is 10.0 Å². The van der Waals surface area contributed by atoms with E-state index in [1.165, 1.54) is 0 Å². The summed E-state index contributed by atoms with van der Waals surface area (Å²) in [6.07, 6.45) is 2.25. The van der Waals surface area contributed by atoms with Crippen LogP contribution in [-0.4, -0.2) is 15.3 Å². The number of carbonyl (C=O) groups excluding carboxylic acids is 1. The Morgan fingerprint density at radius 2 is 1.97 bits per heavy atom. The maximum absolute atomic E-state index is 12.8. The van der Waals surface area contributed by atoms with Gasteiger partial charge in [-0.15, -0.1) is 0 Å². The van der Waals surface area contributed by atoms with Crippen molar-refractivity contribution in [3.05, 3.63) is 45.7 Å². The SMILES string of the molecule is CC(C)c1ccc(Cl)c(C(C)C)c1NC(=O)NS(=O)c1cc2c(o1)C1CCC(C1)C2O. The van der Waals surface area contributed by atoms with Crippen LogP contribution in [0.5, 0.6) is 0 Å². The van der Waals surface area contributed by atoms with Crippen LogP contribution in [0, 0.1) is 5.92 Å². The topological polar surface area (TPSA) is 91.6 Å². The molecule has 0 saturated heterocycles. The Kier molecular flexibility index (Phi) is 6.21. The number of urea groups is 1. The second-order valence-electron chi connectivity index (χ2n) is 9.16. The molecule has 8 heteroatoms. The van der Waals surface area contributed by atoms with Crippen LogP contribution in [0.3, 0.4) is 0 Å². The molecule has 2 amide bonds. The molecule has 1 heterocycles. The van der Waals surface area contributed by atoms with Gasteiger partial charge in [0.15, 0.2) is 11.0 Å². The molecule has 1 fully saturated rings. The number of aliphatic hydroxyl groups excluding tert-OH is 1. The van der Waals surface area contributed by atoms with Crippen molar-refractivity contribution in [1.82, 2.24) is 4.72 Å². The third kappa shape index (κ3) is 4.15. The van der Waals surface area contributed by atoms with E-state index in [0.717, 1.165) is 30.4 Å². The minimum absolute atomic E-state index is 0.0979. The second-order valence-corrected chi connectivity index (χ2v) is 10.7. The lowest BCUT2D eigenvalue weighted by molar-refractivity contribution is 0.101. The van der Waals surface area contributed by atoms with Crippen LogP contribution in [0.15, 0.2) is 27.7 Å². The lowest BCUT2D eigenvalue weighted by Crippen LogP contribution is -2.31. The largest absolute Gasteiger partial charge is 0.450 e. The molecule has 4 unspecified atom stereocenters. The first-order valence-electron chi connectivity index (χ1n) is 10.8. The molecule has 2 aliphatic rings. The smallest absolute Gasteiger partial charge is 0.331 e. The van der Waals surface area contributed by atoms with Gasteiger partial charge in [-0.2, -0.15) is 0 Å². The van der Waals surface area contributed by atoms with Gasteiger partial charge in [0.25, 0.3) is 0 Å². The van der Waals surface area contributed by atoms with Crippen molar-refractivity contribution < 1.29 is 18.5 Å². The van der Waals surface area contributed by atoms with Crippen LogP contribution in [0.1, 0.15) is 93.3 Å². The van der Waals surface area contributed by atoms with Gasteiger partial charge in [0.1, 0.15) is 5.76 Å². The molecule has 6 nitrogen and oxygen atoms in total. The van der Waals surface area contributed by atoms with Gasteiger partial charge in [0.05, 0.1) is 11.8 Å². The van der Waals surface area contributed by atoms with Crippen molar-refractivity contribution in [3.63, 3.8) is 0 Å². The zero-order valence-electron chi connectivity index (χ0n) is 18.2. The number of aliphatic hydroxyl groups is 1. The molecular weight excluding hydrogens is 436 g/mol. The van der Waals surface area contributed by atoms with Crippen LogP contribution in [0.25, 0.3) is 0 Å². The van der Waals surface area contributed by atoms with Crippen molar-refractivity contribution in [2.45, 2.75) is 75.9 Å². The van der Waals surface area contributed by atoms with E-state index in [1.807, 2.05) is 39.8 Å². The van der Waals surface area contributed by atoms with Crippen molar-refractivity contribution >= 4 is 34.3 Å². The van der Waals surface area contributed by atoms with Gasteiger partial charge in [0, 0.05) is 22.6 Å². The molecule has 0 spiro atoms. The summed E-state index contributed by atoms with van der Waals surface area (Å²) in [4.78, 5) is 12.7. The average molecular weight is 465 g/mol. The Bertz CT molecular complexity index is 1020. The lowest BCUT2D eigenvalue weighted by atomic mass is 9.86. The Morgan fingerprint density at radius 3 is 2.65 bits per heavy atom. The highest BCUT2D eigenvalue weighted by molar-refractivity contribution is 7.83. The maximum Gasteiger partial charge on any atom is 0.331 e. The fraction of sp³-hybridized carbons (Fsp3) is 0.522. The van der Waals surface area contributed by atoms with Crippen molar-refractivity contribution in [2.24, 2.45) is 5.92 Å². The number of benzene rings is 1. The van der Waals surface area contributed by atoms with Gasteiger partial charge in [-0.3, -0.25) is 0 Å². The summed E-state index contributed by atoms with van der Waals surface area (Å²) >= 11 is 6.42. The first kappa shape index (κ1) is 22.4. The predicted molar refractivity (Wildman–Crippen MR) is 122 cm³/mol. The highest BCUT2D eigenvalue weighted by Crippen LogP contribution is 2.52. The van der Waals surface area contributed by atoms with Crippen molar-refractivity contribution in [3.8, 4) is 0 Å². The molecule has 1 aromatic heterocycles. The fourth-order valence-corrected chi connectivity index (χ4v) is 6.00. The van der Waals surface area contributed by atoms with Gasteiger partial charge in [-0.25, -0.2) is 13.7 Å². The Morgan fingerprint density at radius 1 is 1.23 bits per heavy atom. The number of amides is 2. The zero-order chi connectivity index (χ0) is 22.4. The summed E-state index contributed by atoms with van der Waals surface area (Å²) in [6.45, 7) is 8.11. The van der Waals surface area contributed by atoms with Gasteiger partial charge in [0.2, 0.25) is 5.09 Å². The molecule has 2 aliphatic carbocycles. The van der Waals surface area contributed by atoms with E-state index < -0.39 is 23.1 Å². The lowest BCUT2D eigenvalue weighted by Gasteiger charge is -2.23. The Labute approximate surface area is 190 Å². The maximum atomic E-state index is 12.8. The number of anilines is 1. The van der Waals surface area contributed by atoms with Crippen LogP contribution < -0.4 is 10.0 Å². The number of rotatable bonds is 5. The van der Waals surface area contributed by atoms with E-state index in [9.17, 15) is 14.1 Å². The van der Waals surface area contributed by atoms with E-state index >= 15 is 0 Å². The molecule has 1 saturated carbocycles. The molecule has 4 rings (SSSR count). The first-order valence-corrected chi connectivity index (χ1v) is 12.3. The Hall–Kier alpha value is -1.83. The summed E-state index contributed by atoms with van der Waals surface area (Å²) in [5.74, 6) is 1.48. The van der Waals surface area contributed by atoms with Crippen LogP contribution in [0.4, 0.5) is 10.5 Å². The summed E-state index contributed by atoms with van der Waals surface area (Å²) in [5, 5.41) is 14.1. The summed E-state index contributed by atoms with van der Waals surface area (Å²) in [5.41, 5.74) is 3.17. The van der Waals surface area contributed by atoms with Crippen LogP contribution in [0.2, 0.25) is 5.02 Å². The molecule has 3 N–H and O–H groups in total. The summed E-state index contributed by atoms with van der Waals surface area (Å²) in [7, 11) is -1.88. The third-order valence-electron chi connectivity index (χ3n) is 6.41. The number of furan rings is 1. The normalized spacial score (nSPS) is 23.2. The average Bonchev–Trinajstić information content (AvgIpc) is 3.32. The number of hydrogen-bond donors (Lipinski definition) is 3. The van der Waals surface area contributed by atoms with Crippen molar-refractivity contribution in [1.29, 1.82) is 0 Å². The van der Waals surface area contributed by atoms with Gasteiger partial charge in [-0.1, -0.05) is 45.4 Å². The monoisotopic (exact) mass is 464 g/mol. The third-order valence-corrected chi connectivity index (χ3v) is 7.68. The minimum atomic E-state index is -1.88. The molecule has 1 aromatic carbocycles. The van der Waals surface area contributed by atoms with E-state index in [-0.39, 0.29) is 28.8 Å². The molecule has 168 valence electrons. The number of carbonyl (C=O) groups is 1. The zero-order valence-corrected chi connectivity index (χ0v) is 19.8. The molecule has 31 heavy (non-hydrogen) atoms. The standard InChI is InChI=1S/C23H29ClN2O4S/c1-11(2)15-7-8-17(24)19(12(3)4)20(15)25-23(28)26-31(29)18-10-16-21(27)13-5-6-14(9-13)22(16)30-18/h7-8,10-14,21,27H,5-6,9H2,1-4H3,(H2,25,26,28). The summed E-state index contributed by atoms with van der Waals surface area (Å²) < 4.78 is 21.1. The predicted octanol–water partition coefficient (Wildman–Crippen LogP) is 5.95. The second kappa shape index (κ2) is 8.60. The van der Waals surface area contributed by atoms with Gasteiger partial charge in [-0.05, 0) is 54.2 Å². The molecule has 0 radical (unpaired) electrons. The van der Waals surface area contributed by atoms with Gasteiger partial charge >= 0.3 is 6.03 Å². The van der Waals surface area contributed by atoms with E-state index in [4.69, 9.17) is 16.0 Å². The van der Waals surface area contributed by atoms with E-state index in [0.29, 0.717) is 22.0 Å². The Balaban J connectivity index is 1.54. The molecule has 2 bridgehead atoms. The number of halogens is 1. The highest BCUT2D eigenvalue weighted by Gasteiger charge is 2.42.